The summed E-state index contributed by atoms with van der Waals surface area (Å²) in [6.07, 6.45) is 4.91. The van der Waals surface area contributed by atoms with E-state index < -0.39 is 5.91 Å². The van der Waals surface area contributed by atoms with Gasteiger partial charge in [-0.2, -0.15) is 5.10 Å². The van der Waals surface area contributed by atoms with Crippen LogP contribution in [0.3, 0.4) is 0 Å². The Kier molecular flexibility index (Phi) is 6.22. The maximum Gasteiger partial charge on any atom is 0.271 e. The molecule has 0 saturated carbocycles. The van der Waals surface area contributed by atoms with Crippen molar-refractivity contribution in [1.82, 2.24) is 5.43 Å². The fraction of sp³-hybridized carbons (Fsp3) is 0.222. The van der Waals surface area contributed by atoms with Crippen LogP contribution in [0.5, 0.6) is 17.2 Å². The number of nitrogens with one attached hydrogen (secondary N) is 1. The molecule has 0 radical (unpaired) electrons. The standard InChI is InChI=1S/C18H20N2O5/c1-12(8-14-6-5-7-25-14)11-19-20-18(21)13-9-15(22-2)17(24-4)16(10-13)23-3/h5-11H,1-4H3,(H,20,21)/b12-8+,19-11-. The first-order valence-corrected chi connectivity index (χ1v) is 7.44. The van der Waals surface area contributed by atoms with Crippen LogP contribution < -0.4 is 19.6 Å². The van der Waals surface area contributed by atoms with Crippen molar-refractivity contribution in [3.8, 4) is 17.2 Å². The lowest BCUT2D eigenvalue weighted by molar-refractivity contribution is 0.0954. The van der Waals surface area contributed by atoms with Crippen LogP contribution >= 0.6 is 0 Å². The molecule has 0 spiro atoms. The van der Waals surface area contributed by atoms with Crippen LogP contribution in [0.25, 0.3) is 6.08 Å². The third-order valence-corrected chi connectivity index (χ3v) is 3.27. The van der Waals surface area contributed by atoms with Gasteiger partial charge in [0.15, 0.2) is 11.5 Å². The van der Waals surface area contributed by atoms with Crippen LogP contribution in [0, 0.1) is 0 Å². The summed E-state index contributed by atoms with van der Waals surface area (Å²) in [5, 5.41) is 3.93. The maximum atomic E-state index is 12.3. The zero-order chi connectivity index (χ0) is 18.2. The Hall–Kier alpha value is -3.22. The summed E-state index contributed by atoms with van der Waals surface area (Å²) in [5.74, 6) is 1.51. The van der Waals surface area contributed by atoms with E-state index in [0.29, 0.717) is 28.6 Å². The van der Waals surface area contributed by atoms with Gasteiger partial charge < -0.3 is 18.6 Å². The predicted octanol–water partition coefficient (Wildman–Crippen LogP) is 3.12. The third kappa shape index (κ3) is 4.63. The Morgan fingerprint density at radius 2 is 1.84 bits per heavy atom. The smallest absolute Gasteiger partial charge is 0.271 e. The number of nitrogens with zero attached hydrogens (tertiary/aromatic N) is 1. The van der Waals surface area contributed by atoms with E-state index in [9.17, 15) is 4.79 Å². The van der Waals surface area contributed by atoms with Crippen LogP contribution in [0.1, 0.15) is 23.0 Å². The van der Waals surface area contributed by atoms with E-state index in [2.05, 4.69) is 10.5 Å². The van der Waals surface area contributed by atoms with E-state index >= 15 is 0 Å². The molecule has 2 aromatic rings. The van der Waals surface area contributed by atoms with Gasteiger partial charge in [-0.05, 0) is 42.8 Å². The number of furan rings is 1. The molecule has 0 aliphatic carbocycles. The molecule has 0 unspecified atom stereocenters. The molecule has 132 valence electrons. The normalized spacial score (nSPS) is 11.4. The molecule has 0 bridgehead atoms. The van der Waals surface area contributed by atoms with Gasteiger partial charge in [0.2, 0.25) is 5.75 Å². The Morgan fingerprint density at radius 1 is 1.16 bits per heavy atom. The second kappa shape index (κ2) is 8.58. The molecule has 1 heterocycles. The molecule has 0 saturated heterocycles. The predicted molar refractivity (Wildman–Crippen MR) is 94.4 cm³/mol. The number of carbonyl (C=O) groups excluding carboxylic acids is 1. The highest BCUT2D eigenvalue weighted by Gasteiger charge is 2.16. The third-order valence-electron chi connectivity index (χ3n) is 3.27. The van der Waals surface area contributed by atoms with Gasteiger partial charge in [-0.25, -0.2) is 5.43 Å². The fourth-order valence-corrected chi connectivity index (χ4v) is 2.10. The molecule has 0 aliphatic rings. The quantitative estimate of drug-likeness (QED) is 0.616. The van der Waals surface area contributed by atoms with E-state index in [1.807, 2.05) is 13.0 Å². The minimum absolute atomic E-state index is 0.333. The summed E-state index contributed by atoms with van der Waals surface area (Å²) in [6.45, 7) is 1.84. The molecule has 1 amide bonds. The van der Waals surface area contributed by atoms with Gasteiger partial charge in [-0.3, -0.25) is 4.79 Å². The molecule has 1 N–H and O–H groups in total. The number of hydrazone groups is 1. The number of methoxy groups -OCH3 is 3. The Balaban J connectivity index is 2.11. The van der Waals surface area contributed by atoms with Crippen molar-refractivity contribution in [2.75, 3.05) is 21.3 Å². The summed E-state index contributed by atoms with van der Waals surface area (Å²) in [7, 11) is 4.47. The molecule has 0 fully saturated rings. The van der Waals surface area contributed by atoms with Crippen molar-refractivity contribution < 1.29 is 23.4 Å². The average molecular weight is 344 g/mol. The Morgan fingerprint density at radius 3 is 2.36 bits per heavy atom. The van der Waals surface area contributed by atoms with E-state index in [4.69, 9.17) is 18.6 Å². The van der Waals surface area contributed by atoms with Crippen LogP contribution in [0.2, 0.25) is 0 Å². The number of allylic oxidation sites excluding steroid dienone is 1. The zero-order valence-corrected chi connectivity index (χ0v) is 14.5. The number of rotatable bonds is 7. The maximum absolute atomic E-state index is 12.3. The molecule has 0 aliphatic heterocycles. The summed E-state index contributed by atoms with van der Waals surface area (Å²) in [6, 6.07) is 6.73. The number of amides is 1. The molecule has 0 atom stereocenters. The van der Waals surface area contributed by atoms with Crippen LogP contribution in [0.15, 0.2) is 45.6 Å². The lowest BCUT2D eigenvalue weighted by Crippen LogP contribution is -2.18. The first-order valence-electron chi connectivity index (χ1n) is 7.44. The van der Waals surface area contributed by atoms with E-state index in [1.165, 1.54) is 27.5 Å². The number of hydrogen-bond donors (Lipinski definition) is 1. The average Bonchev–Trinajstić information content (AvgIpc) is 3.12. The van der Waals surface area contributed by atoms with Gasteiger partial charge in [0.05, 0.1) is 33.8 Å². The molecule has 25 heavy (non-hydrogen) atoms. The van der Waals surface area contributed by atoms with E-state index in [1.54, 1.807) is 30.5 Å². The van der Waals surface area contributed by atoms with Crippen LogP contribution in [0.4, 0.5) is 0 Å². The number of ether oxygens (including phenoxy) is 3. The zero-order valence-electron chi connectivity index (χ0n) is 14.5. The van der Waals surface area contributed by atoms with Crippen LogP contribution in [-0.4, -0.2) is 33.5 Å². The Labute approximate surface area is 145 Å². The summed E-state index contributed by atoms with van der Waals surface area (Å²) in [5.41, 5.74) is 3.61. The van der Waals surface area contributed by atoms with Crippen molar-refractivity contribution in [1.29, 1.82) is 0 Å². The number of carbonyl (C=O) groups is 1. The molecule has 2 rings (SSSR count). The van der Waals surface area contributed by atoms with Crippen molar-refractivity contribution in [2.24, 2.45) is 5.10 Å². The lowest BCUT2D eigenvalue weighted by atomic mass is 10.1. The van der Waals surface area contributed by atoms with Crippen molar-refractivity contribution >= 4 is 18.2 Å². The molecular weight excluding hydrogens is 324 g/mol. The van der Waals surface area contributed by atoms with E-state index in [0.717, 1.165) is 5.57 Å². The molecule has 7 heteroatoms. The Bertz CT molecular complexity index is 754. The lowest BCUT2D eigenvalue weighted by Gasteiger charge is -2.13. The summed E-state index contributed by atoms with van der Waals surface area (Å²) < 4.78 is 20.9. The van der Waals surface area contributed by atoms with Gasteiger partial charge in [0, 0.05) is 5.56 Å². The first-order chi connectivity index (χ1) is 12.1. The van der Waals surface area contributed by atoms with Crippen molar-refractivity contribution in [2.45, 2.75) is 6.92 Å². The monoisotopic (exact) mass is 344 g/mol. The topological polar surface area (TPSA) is 82.3 Å². The van der Waals surface area contributed by atoms with Gasteiger partial charge in [-0.15, -0.1) is 0 Å². The summed E-state index contributed by atoms with van der Waals surface area (Å²) in [4.78, 5) is 12.3. The van der Waals surface area contributed by atoms with Crippen molar-refractivity contribution in [3.05, 3.63) is 47.4 Å². The molecule has 1 aromatic heterocycles. The first kappa shape index (κ1) is 18.1. The van der Waals surface area contributed by atoms with E-state index in [-0.39, 0.29) is 0 Å². The molecule has 7 nitrogen and oxygen atoms in total. The van der Waals surface area contributed by atoms with Gasteiger partial charge >= 0.3 is 0 Å². The minimum Gasteiger partial charge on any atom is -0.493 e. The van der Waals surface area contributed by atoms with Gasteiger partial charge in [0.1, 0.15) is 5.76 Å². The highest BCUT2D eigenvalue weighted by molar-refractivity contribution is 5.96. The van der Waals surface area contributed by atoms with Gasteiger partial charge in [-0.1, -0.05) is 0 Å². The molecule has 1 aromatic carbocycles. The fourth-order valence-electron chi connectivity index (χ4n) is 2.10. The summed E-state index contributed by atoms with van der Waals surface area (Å²) >= 11 is 0. The van der Waals surface area contributed by atoms with Gasteiger partial charge in [0.25, 0.3) is 5.91 Å². The van der Waals surface area contributed by atoms with Crippen LogP contribution in [-0.2, 0) is 0 Å². The highest BCUT2D eigenvalue weighted by Crippen LogP contribution is 2.38. The minimum atomic E-state index is -0.402. The van der Waals surface area contributed by atoms with Crippen molar-refractivity contribution in [3.63, 3.8) is 0 Å². The number of benzene rings is 1. The number of hydrogen-bond acceptors (Lipinski definition) is 6. The SMILES string of the molecule is COc1cc(C(=O)N/N=C\C(C)=C\c2ccco2)cc(OC)c1OC. The second-order valence-corrected chi connectivity index (χ2v) is 5.02. The molecular formula is C18H20N2O5. The largest absolute Gasteiger partial charge is 0.493 e. The highest BCUT2D eigenvalue weighted by atomic mass is 16.5. The second-order valence-electron chi connectivity index (χ2n) is 5.02.